The number of hydrogen-bond donors (Lipinski definition) is 1. The van der Waals surface area contributed by atoms with Crippen LogP contribution in [0, 0.1) is 0 Å². The zero-order chi connectivity index (χ0) is 21.8. The van der Waals surface area contributed by atoms with E-state index in [0.29, 0.717) is 44.9 Å². The number of amides is 1. The maximum Gasteiger partial charge on any atom is 0.255 e. The highest BCUT2D eigenvalue weighted by atomic mass is 32.2. The van der Waals surface area contributed by atoms with Gasteiger partial charge in [-0.2, -0.15) is 4.31 Å². The number of sulfonamides is 1. The fourth-order valence-corrected chi connectivity index (χ4v) is 5.48. The van der Waals surface area contributed by atoms with Crippen LogP contribution in [0.25, 0.3) is 0 Å². The predicted octanol–water partition coefficient (Wildman–Crippen LogP) is 2.10. The van der Waals surface area contributed by atoms with E-state index < -0.39 is 10.0 Å². The van der Waals surface area contributed by atoms with Gasteiger partial charge in [-0.25, -0.2) is 8.42 Å². The summed E-state index contributed by atoms with van der Waals surface area (Å²) in [4.78, 5) is 14.9. The number of piperidine rings is 1. The van der Waals surface area contributed by atoms with Crippen molar-refractivity contribution in [3.63, 3.8) is 0 Å². The van der Waals surface area contributed by atoms with Crippen molar-refractivity contribution in [3.8, 4) is 11.5 Å². The molecule has 9 heteroatoms. The summed E-state index contributed by atoms with van der Waals surface area (Å²) in [7, 11) is -3.77. The van der Waals surface area contributed by atoms with Crippen LogP contribution < -0.4 is 4.74 Å². The molecule has 31 heavy (non-hydrogen) atoms. The molecule has 0 bridgehead atoms. The maximum atomic E-state index is 13.2. The van der Waals surface area contributed by atoms with Gasteiger partial charge in [0.1, 0.15) is 17.6 Å². The lowest BCUT2D eigenvalue weighted by atomic mass is 10.1. The first-order valence-electron chi connectivity index (χ1n) is 10.4. The molecule has 0 unspecified atom stereocenters. The van der Waals surface area contributed by atoms with E-state index in [1.165, 1.54) is 10.4 Å². The average molecular weight is 447 g/mol. The second kappa shape index (κ2) is 9.25. The molecule has 166 valence electrons. The fourth-order valence-electron chi connectivity index (χ4n) is 3.89. The van der Waals surface area contributed by atoms with Gasteiger partial charge in [0.2, 0.25) is 10.0 Å². The van der Waals surface area contributed by atoms with E-state index in [4.69, 9.17) is 9.47 Å². The summed E-state index contributed by atoms with van der Waals surface area (Å²) in [5.74, 6) is 0.443. The lowest BCUT2D eigenvalue weighted by Gasteiger charge is -2.33. The zero-order valence-corrected chi connectivity index (χ0v) is 18.0. The minimum Gasteiger partial charge on any atom is -0.508 e. The molecule has 8 nitrogen and oxygen atoms in total. The summed E-state index contributed by atoms with van der Waals surface area (Å²) in [6.45, 7) is 2.19. The average Bonchev–Trinajstić information content (AvgIpc) is 2.80. The molecular weight excluding hydrogens is 420 g/mol. The summed E-state index contributed by atoms with van der Waals surface area (Å²) in [6, 6.07) is 13.0. The molecule has 2 saturated heterocycles. The van der Waals surface area contributed by atoms with Crippen molar-refractivity contribution in [1.82, 2.24) is 9.21 Å². The van der Waals surface area contributed by atoms with Gasteiger partial charge in [-0.3, -0.25) is 4.79 Å². The molecule has 2 heterocycles. The van der Waals surface area contributed by atoms with Crippen LogP contribution in [-0.4, -0.2) is 74.1 Å². The van der Waals surface area contributed by atoms with E-state index >= 15 is 0 Å². The summed E-state index contributed by atoms with van der Waals surface area (Å²) in [5, 5.41) is 9.58. The Kier molecular flexibility index (Phi) is 6.45. The summed E-state index contributed by atoms with van der Waals surface area (Å²) in [6.07, 6.45) is 1.18. The number of phenolic OH excluding ortho intramolecular Hbond substituents is 1. The maximum absolute atomic E-state index is 13.2. The number of phenols is 1. The molecule has 0 radical (unpaired) electrons. The first-order chi connectivity index (χ1) is 14.9. The first kappa shape index (κ1) is 21.6. The van der Waals surface area contributed by atoms with Gasteiger partial charge in [0.25, 0.3) is 5.91 Å². The van der Waals surface area contributed by atoms with Crippen LogP contribution >= 0.6 is 0 Å². The Hall–Kier alpha value is -2.62. The zero-order valence-electron chi connectivity index (χ0n) is 17.1. The Morgan fingerprint density at radius 1 is 1.00 bits per heavy atom. The molecule has 0 atom stereocenters. The van der Waals surface area contributed by atoms with Crippen molar-refractivity contribution in [2.45, 2.75) is 23.8 Å². The fraction of sp³-hybridized carbons (Fsp3) is 0.409. The van der Waals surface area contributed by atoms with Crippen LogP contribution in [0.1, 0.15) is 23.2 Å². The van der Waals surface area contributed by atoms with Crippen molar-refractivity contribution < 1.29 is 27.8 Å². The lowest BCUT2D eigenvalue weighted by molar-refractivity contribution is 0.0590. The van der Waals surface area contributed by atoms with Crippen LogP contribution in [0.4, 0.5) is 0 Å². The highest BCUT2D eigenvalue weighted by Crippen LogP contribution is 2.26. The van der Waals surface area contributed by atoms with Crippen molar-refractivity contribution >= 4 is 15.9 Å². The Bertz CT molecular complexity index is 1030. The highest BCUT2D eigenvalue weighted by molar-refractivity contribution is 7.89. The Morgan fingerprint density at radius 3 is 2.42 bits per heavy atom. The van der Waals surface area contributed by atoms with Gasteiger partial charge in [0.15, 0.2) is 0 Å². The van der Waals surface area contributed by atoms with E-state index in [-0.39, 0.29) is 41.3 Å². The normalized spacial score (nSPS) is 18.6. The molecular formula is C22H26N2O6S. The highest BCUT2D eigenvalue weighted by Gasteiger charge is 2.32. The minimum absolute atomic E-state index is 0.0417. The minimum atomic E-state index is -3.77. The number of carbonyl (C=O) groups is 1. The molecule has 0 saturated carbocycles. The van der Waals surface area contributed by atoms with Gasteiger partial charge >= 0.3 is 0 Å². The Balaban J connectivity index is 1.45. The van der Waals surface area contributed by atoms with E-state index in [2.05, 4.69) is 0 Å². The molecule has 2 aliphatic rings. The standard InChI is InChI=1S/C22H26N2O6S/c25-17-4-3-5-19(16-17)30-18-8-10-23(11-9-18)22(26)20-6-1-2-7-21(20)31(27,28)24-12-14-29-15-13-24/h1-7,16,18,25H,8-15H2. The van der Waals surface area contributed by atoms with Gasteiger partial charge in [-0.05, 0) is 24.3 Å². The number of rotatable bonds is 5. The summed E-state index contributed by atoms with van der Waals surface area (Å²) >= 11 is 0. The second-order valence-electron chi connectivity index (χ2n) is 7.62. The van der Waals surface area contributed by atoms with Crippen molar-refractivity contribution in [2.24, 2.45) is 0 Å². The van der Waals surface area contributed by atoms with Crippen LogP contribution in [0.3, 0.4) is 0 Å². The van der Waals surface area contributed by atoms with E-state index in [0.717, 1.165) is 0 Å². The van der Waals surface area contributed by atoms with Gasteiger partial charge < -0.3 is 19.5 Å². The van der Waals surface area contributed by atoms with Gasteiger partial charge in [0, 0.05) is 45.1 Å². The number of aromatic hydroxyl groups is 1. The van der Waals surface area contributed by atoms with Gasteiger partial charge in [0.05, 0.1) is 23.7 Å². The van der Waals surface area contributed by atoms with E-state index in [1.54, 1.807) is 47.4 Å². The molecule has 2 aliphatic heterocycles. The van der Waals surface area contributed by atoms with Gasteiger partial charge in [-0.15, -0.1) is 0 Å². The van der Waals surface area contributed by atoms with Crippen LogP contribution in [0.15, 0.2) is 53.4 Å². The lowest BCUT2D eigenvalue weighted by Crippen LogP contribution is -2.43. The largest absolute Gasteiger partial charge is 0.508 e. The molecule has 1 amide bonds. The monoisotopic (exact) mass is 446 g/mol. The number of hydrogen-bond acceptors (Lipinski definition) is 6. The van der Waals surface area contributed by atoms with Crippen LogP contribution in [-0.2, 0) is 14.8 Å². The number of benzene rings is 2. The summed E-state index contributed by atoms with van der Waals surface area (Å²) < 4.78 is 38.8. The Morgan fingerprint density at radius 2 is 1.71 bits per heavy atom. The number of carbonyl (C=O) groups excluding carboxylic acids is 1. The smallest absolute Gasteiger partial charge is 0.255 e. The summed E-state index contributed by atoms with van der Waals surface area (Å²) in [5.41, 5.74) is 0.196. The van der Waals surface area contributed by atoms with Crippen molar-refractivity contribution in [1.29, 1.82) is 0 Å². The number of likely N-dealkylation sites (tertiary alicyclic amines) is 1. The quantitative estimate of drug-likeness (QED) is 0.756. The molecule has 0 aliphatic carbocycles. The molecule has 1 N–H and O–H groups in total. The SMILES string of the molecule is O=C(c1ccccc1S(=O)(=O)N1CCOCC1)N1CCC(Oc2cccc(O)c2)CC1. The third kappa shape index (κ3) is 4.84. The Labute approximate surface area is 182 Å². The second-order valence-corrected chi connectivity index (χ2v) is 9.53. The topological polar surface area (TPSA) is 96.4 Å². The number of morpholine rings is 1. The van der Waals surface area contributed by atoms with Gasteiger partial charge in [-0.1, -0.05) is 18.2 Å². The van der Waals surface area contributed by atoms with Crippen LogP contribution in [0.5, 0.6) is 11.5 Å². The van der Waals surface area contributed by atoms with E-state index in [1.807, 2.05) is 0 Å². The predicted molar refractivity (Wildman–Crippen MR) is 114 cm³/mol. The molecule has 4 rings (SSSR count). The number of ether oxygens (including phenoxy) is 2. The first-order valence-corrected chi connectivity index (χ1v) is 11.8. The van der Waals surface area contributed by atoms with Crippen molar-refractivity contribution in [2.75, 3.05) is 39.4 Å². The third-order valence-electron chi connectivity index (χ3n) is 5.55. The molecule has 0 aromatic heterocycles. The third-order valence-corrected chi connectivity index (χ3v) is 7.51. The molecule has 2 fully saturated rings. The van der Waals surface area contributed by atoms with Crippen molar-refractivity contribution in [3.05, 3.63) is 54.1 Å². The van der Waals surface area contributed by atoms with Crippen LogP contribution in [0.2, 0.25) is 0 Å². The number of nitrogens with zero attached hydrogens (tertiary/aromatic N) is 2. The molecule has 2 aromatic rings. The van der Waals surface area contributed by atoms with E-state index in [9.17, 15) is 18.3 Å². The molecule has 2 aromatic carbocycles. The molecule has 0 spiro atoms.